The molecule has 1 atom stereocenters. The van der Waals surface area contributed by atoms with Crippen LogP contribution >= 0.6 is 11.3 Å². The van der Waals surface area contributed by atoms with E-state index in [4.69, 9.17) is 4.42 Å². The van der Waals surface area contributed by atoms with E-state index in [2.05, 4.69) is 15.8 Å². The first-order valence-electron chi connectivity index (χ1n) is 10.7. The Hall–Kier alpha value is -3.79. The number of nitrogens with one attached hydrogen (secondary N) is 2. The van der Waals surface area contributed by atoms with Gasteiger partial charge in [-0.15, -0.1) is 11.3 Å². The normalized spacial score (nSPS) is 12.1. The fourth-order valence-corrected chi connectivity index (χ4v) is 4.01. The van der Waals surface area contributed by atoms with Gasteiger partial charge in [0.1, 0.15) is 17.6 Å². The molecule has 10 heteroatoms. The quantitative estimate of drug-likeness (QED) is 0.266. The Morgan fingerprint density at radius 1 is 1.24 bits per heavy atom. The second kappa shape index (κ2) is 10.9. The van der Waals surface area contributed by atoms with E-state index in [9.17, 15) is 19.7 Å². The van der Waals surface area contributed by atoms with Crippen LogP contribution in [0.2, 0.25) is 0 Å². The summed E-state index contributed by atoms with van der Waals surface area (Å²) in [4.78, 5) is 36.7. The molecule has 0 aliphatic rings. The molecule has 0 radical (unpaired) electrons. The molecule has 3 rings (SSSR count). The van der Waals surface area contributed by atoms with Crippen molar-refractivity contribution in [3.05, 3.63) is 73.7 Å². The molecule has 0 unspecified atom stereocenters. The summed E-state index contributed by atoms with van der Waals surface area (Å²) in [5.74, 6) is -0.0158. The van der Waals surface area contributed by atoms with Gasteiger partial charge < -0.3 is 9.73 Å². The van der Waals surface area contributed by atoms with Crippen LogP contribution in [-0.2, 0) is 16.0 Å². The first-order valence-corrected chi connectivity index (χ1v) is 11.5. The molecule has 1 aromatic carbocycles. The standard InChI is InChI=1S/C24H26N4O5S/c1-14(2)23(26-22(29)12-19-6-5-9-34-19)24(30)27-25-13-18-7-8-21(33-18)17-10-15(3)16(4)20(11-17)28(31)32/h5-11,13-14,23H,12H2,1-4H3,(H,26,29)(H,27,30)/b25-13-/t23-/m0/s1. The van der Waals surface area contributed by atoms with Gasteiger partial charge in [-0.2, -0.15) is 5.10 Å². The second-order valence-corrected chi connectivity index (χ2v) is 9.21. The highest BCUT2D eigenvalue weighted by Crippen LogP contribution is 2.30. The second-order valence-electron chi connectivity index (χ2n) is 8.18. The molecular weight excluding hydrogens is 456 g/mol. The molecule has 0 spiro atoms. The predicted octanol–water partition coefficient (Wildman–Crippen LogP) is 4.37. The zero-order valence-electron chi connectivity index (χ0n) is 19.3. The Morgan fingerprint density at radius 3 is 2.65 bits per heavy atom. The van der Waals surface area contributed by atoms with Gasteiger partial charge in [0.05, 0.1) is 17.6 Å². The molecule has 0 fully saturated rings. The van der Waals surface area contributed by atoms with Crippen molar-refractivity contribution < 1.29 is 18.9 Å². The topological polar surface area (TPSA) is 127 Å². The molecular formula is C24H26N4O5S. The number of hydrazone groups is 1. The number of hydrogen-bond acceptors (Lipinski definition) is 7. The van der Waals surface area contributed by atoms with Crippen LogP contribution in [0.5, 0.6) is 0 Å². The van der Waals surface area contributed by atoms with E-state index in [0.717, 1.165) is 10.4 Å². The lowest BCUT2D eigenvalue weighted by Gasteiger charge is -2.20. The maximum Gasteiger partial charge on any atom is 0.273 e. The molecule has 2 aromatic heterocycles. The van der Waals surface area contributed by atoms with Crippen molar-refractivity contribution in [2.75, 3.05) is 0 Å². The van der Waals surface area contributed by atoms with E-state index < -0.39 is 16.9 Å². The van der Waals surface area contributed by atoms with E-state index >= 15 is 0 Å². The van der Waals surface area contributed by atoms with Crippen molar-refractivity contribution in [3.63, 3.8) is 0 Å². The predicted molar refractivity (Wildman–Crippen MR) is 131 cm³/mol. The Morgan fingerprint density at radius 2 is 2.00 bits per heavy atom. The number of amides is 2. The molecule has 9 nitrogen and oxygen atoms in total. The Labute approximate surface area is 201 Å². The molecule has 0 aliphatic carbocycles. The molecule has 178 valence electrons. The molecule has 0 saturated heterocycles. The summed E-state index contributed by atoms with van der Waals surface area (Å²) in [5.41, 5.74) is 4.42. The monoisotopic (exact) mass is 482 g/mol. The number of carbonyl (C=O) groups excluding carboxylic acids is 2. The van der Waals surface area contributed by atoms with E-state index in [-0.39, 0.29) is 23.9 Å². The number of furan rings is 1. The molecule has 2 N–H and O–H groups in total. The van der Waals surface area contributed by atoms with E-state index in [1.165, 1.54) is 23.6 Å². The smallest absolute Gasteiger partial charge is 0.273 e. The van der Waals surface area contributed by atoms with Gasteiger partial charge in [-0.3, -0.25) is 19.7 Å². The number of nitro benzene ring substituents is 1. The number of nitrogens with zero attached hydrogens (tertiary/aromatic N) is 2. The van der Waals surface area contributed by atoms with Crippen molar-refractivity contribution in [1.82, 2.24) is 10.7 Å². The third-order valence-corrected chi connectivity index (χ3v) is 6.17. The number of benzene rings is 1. The average Bonchev–Trinajstić information content (AvgIpc) is 3.45. The van der Waals surface area contributed by atoms with Crippen molar-refractivity contribution >= 4 is 35.1 Å². The molecule has 2 amide bonds. The highest BCUT2D eigenvalue weighted by molar-refractivity contribution is 7.10. The lowest BCUT2D eigenvalue weighted by Crippen LogP contribution is -2.49. The largest absolute Gasteiger partial charge is 0.455 e. The van der Waals surface area contributed by atoms with Gasteiger partial charge >= 0.3 is 0 Å². The Bertz CT molecular complexity index is 1210. The van der Waals surface area contributed by atoms with E-state index in [0.29, 0.717) is 22.6 Å². The highest BCUT2D eigenvalue weighted by atomic mass is 32.1. The van der Waals surface area contributed by atoms with Crippen molar-refractivity contribution in [3.8, 4) is 11.3 Å². The summed E-state index contributed by atoms with van der Waals surface area (Å²) < 4.78 is 5.72. The molecule has 3 aromatic rings. The molecule has 2 heterocycles. The average molecular weight is 483 g/mol. The number of thiophene rings is 1. The fraction of sp³-hybridized carbons (Fsp3) is 0.292. The van der Waals surface area contributed by atoms with Crippen LogP contribution in [0.25, 0.3) is 11.3 Å². The van der Waals surface area contributed by atoms with Gasteiger partial charge in [-0.25, -0.2) is 5.43 Å². The maximum atomic E-state index is 12.6. The number of carbonyl (C=O) groups is 2. The van der Waals surface area contributed by atoms with Crippen LogP contribution in [0, 0.1) is 29.9 Å². The minimum atomic E-state index is -0.743. The SMILES string of the molecule is Cc1cc(-c2ccc(/C=N\NC(=O)[C@@H](NC(=O)Cc3cccs3)C(C)C)o2)cc([N+](=O)[O-])c1C. The van der Waals surface area contributed by atoms with Gasteiger partial charge in [-0.05, 0) is 55.0 Å². The summed E-state index contributed by atoms with van der Waals surface area (Å²) in [6, 6.07) is 9.61. The minimum absolute atomic E-state index is 0.0229. The van der Waals surface area contributed by atoms with Crippen LogP contribution in [0.15, 0.2) is 51.3 Å². The van der Waals surface area contributed by atoms with Crippen molar-refractivity contribution in [2.24, 2.45) is 11.0 Å². The lowest BCUT2D eigenvalue weighted by atomic mass is 10.0. The molecule has 0 aliphatic heterocycles. The highest BCUT2D eigenvalue weighted by Gasteiger charge is 2.24. The number of nitro groups is 1. The fourth-order valence-electron chi connectivity index (χ4n) is 3.31. The summed E-state index contributed by atoms with van der Waals surface area (Å²) in [6.07, 6.45) is 1.55. The zero-order valence-corrected chi connectivity index (χ0v) is 20.1. The van der Waals surface area contributed by atoms with Gasteiger partial charge in [0.25, 0.3) is 11.6 Å². The first kappa shape index (κ1) is 24.8. The van der Waals surface area contributed by atoms with Gasteiger partial charge in [0.2, 0.25) is 5.91 Å². The third-order valence-electron chi connectivity index (χ3n) is 5.29. The summed E-state index contributed by atoms with van der Waals surface area (Å²) in [5, 5.41) is 19.9. The van der Waals surface area contributed by atoms with Crippen LogP contribution in [-0.4, -0.2) is 29.0 Å². The third kappa shape index (κ3) is 6.16. The summed E-state index contributed by atoms with van der Waals surface area (Å²) in [6.45, 7) is 7.17. The van der Waals surface area contributed by atoms with E-state index in [1.807, 2.05) is 37.4 Å². The zero-order chi connectivity index (χ0) is 24.8. The molecule has 34 heavy (non-hydrogen) atoms. The lowest BCUT2D eigenvalue weighted by molar-refractivity contribution is -0.385. The summed E-state index contributed by atoms with van der Waals surface area (Å²) >= 11 is 1.48. The maximum absolute atomic E-state index is 12.6. The summed E-state index contributed by atoms with van der Waals surface area (Å²) in [7, 11) is 0. The first-order chi connectivity index (χ1) is 16.2. The number of hydrogen-bond donors (Lipinski definition) is 2. The Balaban J connectivity index is 1.64. The van der Waals surface area contributed by atoms with Crippen LogP contribution in [0.1, 0.15) is 35.6 Å². The van der Waals surface area contributed by atoms with Gasteiger partial charge in [0.15, 0.2) is 0 Å². The Kier molecular flexibility index (Phi) is 7.95. The van der Waals surface area contributed by atoms with Crippen molar-refractivity contribution in [2.45, 2.75) is 40.2 Å². The van der Waals surface area contributed by atoms with Crippen LogP contribution in [0.3, 0.4) is 0 Å². The number of rotatable bonds is 9. The number of aryl methyl sites for hydroxylation is 1. The van der Waals surface area contributed by atoms with Crippen molar-refractivity contribution in [1.29, 1.82) is 0 Å². The molecule has 0 saturated carbocycles. The van der Waals surface area contributed by atoms with Crippen LogP contribution < -0.4 is 10.7 Å². The van der Waals surface area contributed by atoms with Crippen LogP contribution in [0.4, 0.5) is 5.69 Å². The van der Waals surface area contributed by atoms with Gasteiger partial charge in [-0.1, -0.05) is 19.9 Å². The van der Waals surface area contributed by atoms with Gasteiger partial charge in [0, 0.05) is 22.1 Å². The molecule has 0 bridgehead atoms. The minimum Gasteiger partial charge on any atom is -0.455 e. The van der Waals surface area contributed by atoms with E-state index in [1.54, 1.807) is 26.0 Å².